The molecule has 0 aromatic heterocycles. The van der Waals surface area contributed by atoms with Crippen LogP contribution in [0, 0.1) is 13.8 Å². The highest BCUT2D eigenvalue weighted by Gasteiger charge is 2.23. The SMILES string of the molecule is Cc1ccc(CO[C@H]2CO[C@@H](c3ccccc3)OC2)cc1C. The van der Waals surface area contributed by atoms with Crippen molar-refractivity contribution in [2.24, 2.45) is 0 Å². The number of benzene rings is 2. The monoisotopic (exact) mass is 298 g/mol. The summed E-state index contributed by atoms with van der Waals surface area (Å²) in [5.41, 5.74) is 4.84. The summed E-state index contributed by atoms with van der Waals surface area (Å²) in [5, 5.41) is 0. The Morgan fingerprint density at radius 2 is 1.68 bits per heavy atom. The lowest BCUT2D eigenvalue weighted by atomic mass is 10.1. The Hall–Kier alpha value is -1.68. The van der Waals surface area contributed by atoms with E-state index in [1.54, 1.807) is 0 Å². The molecule has 116 valence electrons. The third kappa shape index (κ3) is 3.74. The van der Waals surface area contributed by atoms with Crippen molar-refractivity contribution >= 4 is 0 Å². The van der Waals surface area contributed by atoms with E-state index in [0.29, 0.717) is 19.8 Å². The van der Waals surface area contributed by atoms with Gasteiger partial charge in [0.05, 0.1) is 19.8 Å². The van der Waals surface area contributed by atoms with Gasteiger partial charge in [-0.25, -0.2) is 0 Å². The summed E-state index contributed by atoms with van der Waals surface area (Å²) < 4.78 is 17.4. The molecule has 1 aliphatic rings. The van der Waals surface area contributed by atoms with Gasteiger partial charge in [0.15, 0.2) is 6.29 Å². The Morgan fingerprint density at radius 1 is 0.955 bits per heavy atom. The molecule has 1 aliphatic heterocycles. The topological polar surface area (TPSA) is 27.7 Å². The zero-order valence-corrected chi connectivity index (χ0v) is 13.1. The molecule has 2 aromatic rings. The Morgan fingerprint density at radius 3 is 2.36 bits per heavy atom. The van der Waals surface area contributed by atoms with E-state index in [2.05, 4.69) is 32.0 Å². The molecule has 3 heteroatoms. The minimum absolute atomic E-state index is 0.0124. The van der Waals surface area contributed by atoms with Crippen LogP contribution in [-0.4, -0.2) is 19.3 Å². The first-order valence-electron chi connectivity index (χ1n) is 7.68. The highest BCUT2D eigenvalue weighted by molar-refractivity contribution is 5.29. The van der Waals surface area contributed by atoms with Crippen LogP contribution in [0.1, 0.15) is 28.5 Å². The molecule has 0 aliphatic carbocycles. The van der Waals surface area contributed by atoms with Gasteiger partial charge in [0.2, 0.25) is 0 Å². The lowest BCUT2D eigenvalue weighted by molar-refractivity contribution is -0.232. The molecule has 0 spiro atoms. The van der Waals surface area contributed by atoms with Gasteiger partial charge in [-0.05, 0) is 30.5 Å². The van der Waals surface area contributed by atoms with E-state index in [1.807, 2.05) is 30.3 Å². The summed E-state index contributed by atoms with van der Waals surface area (Å²) in [6.45, 7) is 5.95. The van der Waals surface area contributed by atoms with Crippen molar-refractivity contribution in [2.45, 2.75) is 32.8 Å². The zero-order valence-electron chi connectivity index (χ0n) is 13.1. The normalized spacial score (nSPS) is 21.7. The molecule has 0 N–H and O–H groups in total. The van der Waals surface area contributed by atoms with Gasteiger partial charge in [0.1, 0.15) is 6.10 Å². The second kappa shape index (κ2) is 7.05. The molecular weight excluding hydrogens is 276 g/mol. The van der Waals surface area contributed by atoms with Gasteiger partial charge < -0.3 is 14.2 Å². The molecule has 0 radical (unpaired) electrons. The molecule has 1 fully saturated rings. The second-order valence-electron chi connectivity index (χ2n) is 5.76. The van der Waals surface area contributed by atoms with E-state index < -0.39 is 0 Å². The van der Waals surface area contributed by atoms with Gasteiger partial charge in [-0.2, -0.15) is 0 Å². The van der Waals surface area contributed by atoms with Gasteiger partial charge >= 0.3 is 0 Å². The molecule has 3 rings (SSSR count). The van der Waals surface area contributed by atoms with E-state index in [-0.39, 0.29) is 12.4 Å². The van der Waals surface area contributed by atoms with E-state index in [0.717, 1.165) is 5.56 Å². The summed E-state index contributed by atoms with van der Waals surface area (Å²) in [5.74, 6) is 0. The maximum Gasteiger partial charge on any atom is 0.184 e. The molecule has 0 amide bonds. The van der Waals surface area contributed by atoms with Gasteiger partial charge in [0.25, 0.3) is 0 Å². The van der Waals surface area contributed by atoms with Crippen molar-refractivity contribution in [1.82, 2.24) is 0 Å². The molecule has 3 nitrogen and oxygen atoms in total. The highest BCUT2D eigenvalue weighted by Crippen LogP contribution is 2.24. The predicted octanol–water partition coefficient (Wildman–Crippen LogP) is 3.93. The molecule has 1 heterocycles. The molecule has 2 aromatic carbocycles. The Labute approximate surface area is 131 Å². The number of hydrogen-bond donors (Lipinski definition) is 0. The Kier molecular flexibility index (Phi) is 4.88. The molecule has 0 unspecified atom stereocenters. The summed E-state index contributed by atoms with van der Waals surface area (Å²) >= 11 is 0. The van der Waals surface area contributed by atoms with Crippen LogP contribution in [-0.2, 0) is 20.8 Å². The van der Waals surface area contributed by atoms with E-state index in [9.17, 15) is 0 Å². The standard InChI is InChI=1S/C19H22O3/c1-14-8-9-16(10-15(14)2)11-20-18-12-21-19(22-13-18)17-6-4-3-5-7-17/h3-10,18-19H,11-13H2,1-2H3/t18-,19+. The second-order valence-corrected chi connectivity index (χ2v) is 5.76. The summed E-state index contributed by atoms with van der Waals surface area (Å²) in [6.07, 6.45) is -0.288. The average Bonchev–Trinajstić information content (AvgIpc) is 2.57. The van der Waals surface area contributed by atoms with Gasteiger partial charge in [-0.15, -0.1) is 0 Å². The molecule has 0 atom stereocenters. The van der Waals surface area contributed by atoms with Gasteiger partial charge in [-0.1, -0.05) is 48.5 Å². The molecule has 22 heavy (non-hydrogen) atoms. The first-order valence-corrected chi connectivity index (χ1v) is 7.68. The van der Waals surface area contributed by atoms with Gasteiger partial charge in [-0.3, -0.25) is 0 Å². The first-order chi connectivity index (χ1) is 10.7. The predicted molar refractivity (Wildman–Crippen MR) is 85.6 cm³/mol. The van der Waals surface area contributed by atoms with E-state index in [1.165, 1.54) is 16.7 Å². The number of ether oxygens (including phenoxy) is 3. The highest BCUT2D eigenvalue weighted by atomic mass is 16.7. The summed E-state index contributed by atoms with van der Waals surface area (Å²) in [4.78, 5) is 0. The average molecular weight is 298 g/mol. The minimum Gasteiger partial charge on any atom is -0.369 e. The maximum absolute atomic E-state index is 5.90. The van der Waals surface area contributed by atoms with Crippen molar-refractivity contribution in [2.75, 3.05) is 13.2 Å². The van der Waals surface area contributed by atoms with Crippen LogP contribution in [0.25, 0.3) is 0 Å². The van der Waals surface area contributed by atoms with E-state index in [4.69, 9.17) is 14.2 Å². The van der Waals surface area contributed by atoms with Crippen LogP contribution in [0.5, 0.6) is 0 Å². The van der Waals surface area contributed by atoms with Gasteiger partial charge in [0, 0.05) is 5.56 Å². The van der Waals surface area contributed by atoms with Crippen molar-refractivity contribution in [3.05, 3.63) is 70.8 Å². The quantitative estimate of drug-likeness (QED) is 0.856. The smallest absolute Gasteiger partial charge is 0.184 e. The van der Waals surface area contributed by atoms with Crippen LogP contribution in [0.2, 0.25) is 0 Å². The molecule has 0 bridgehead atoms. The zero-order chi connectivity index (χ0) is 15.4. The van der Waals surface area contributed by atoms with Crippen LogP contribution in [0.4, 0.5) is 0 Å². The van der Waals surface area contributed by atoms with Crippen molar-refractivity contribution < 1.29 is 14.2 Å². The number of rotatable bonds is 4. The first kappa shape index (κ1) is 15.2. The lowest BCUT2D eigenvalue weighted by Gasteiger charge is -2.29. The third-order valence-corrected chi connectivity index (χ3v) is 4.00. The van der Waals surface area contributed by atoms with Crippen molar-refractivity contribution in [3.8, 4) is 0 Å². The number of aryl methyl sites for hydroxylation is 2. The fourth-order valence-corrected chi connectivity index (χ4v) is 2.49. The fourth-order valence-electron chi connectivity index (χ4n) is 2.49. The third-order valence-electron chi connectivity index (χ3n) is 4.00. The maximum atomic E-state index is 5.90. The minimum atomic E-state index is -0.275. The van der Waals surface area contributed by atoms with Crippen molar-refractivity contribution in [3.63, 3.8) is 0 Å². The van der Waals surface area contributed by atoms with E-state index >= 15 is 0 Å². The lowest BCUT2D eigenvalue weighted by Crippen LogP contribution is -2.33. The van der Waals surface area contributed by atoms with Crippen LogP contribution in [0.15, 0.2) is 48.5 Å². The fraction of sp³-hybridized carbons (Fsp3) is 0.368. The molecule has 1 saturated heterocycles. The van der Waals surface area contributed by atoms with Crippen molar-refractivity contribution in [1.29, 1.82) is 0 Å². The van der Waals surface area contributed by atoms with Crippen LogP contribution >= 0.6 is 0 Å². The molecular formula is C19H22O3. The van der Waals surface area contributed by atoms with Crippen LogP contribution < -0.4 is 0 Å². The molecule has 0 saturated carbocycles. The Bertz CT molecular complexity index is 601. The summed E-state index contributed by atoms with van der Waals surface area (Å²) in [7, 11) is 0. The van der Waals surface area contributed by atoms with Crippen LogP contribution in [0.3, 0.4) is 0 Å². The number of hydrogen-bond acceptors (Lipinski definition) is 3. The Balaban J connectivity index is 1.49. The largest absolute Gasteiger partial charge is 0.369 e. The summed E-state index contributed by atoms with van der Waals surface area (Å²) in [6, 6.07) is 16.4.